The maximum absolute atomic E-state index is 14.3. The van der Waals surface area contributed by atoms with E-state index < -0.39 is 11.4 Å². The monoisotopic (exact) mass is 465 g/mol. The van der Waals surface area contributed by atoms with E-state index in [1.54, 1.807) is 55.8 Å². The predicted molar refractivity (Wildman–Crippen MR) is 120 cm³/mol. The molecule has 34 heavy (non-hydrogen) atoms. The molecule has 176 valence electrons. The lowest BCUT2D eigenvalue weighted by atomic mass is 9.86. The van der Waals surface area contributed by atoms with Crippen molar-refractivity contribution in [2.75, 3.05) is 13.7 Å². The second-order valence-electron chi connectivity index (χ2n) is 8.01. The van der Waals surface area contributed by atoms with E-state index in [0.29, 0.717) is 28.2 Å². The molecule has 0 radical (unpaired) electrons. The zero-order valence-electron chi connectivity index (χ0n) is 19.3. The first-order chi connectivity index (χ1) is 16.3. The van der Waals surface area contributed by atoms with Gasteiger partial charge in [0.2, 0.25) is 5.88 Å². The molecule has 0 N–H and O–H groups in total. The summed E-state index contributed by atoms with van der Waals surface area (Å²) in [5, 5.41) is 8.59. The van der Waals surface area contributed by atoms with Crippen LogP contribution >= 0.6 is 0 Å². The van der Waals surface area contributed by atoms with E-state index in [0.717, 1.165) is 0 Å². The number of aromatic nitrogens is 5. The number of esters is 1. The summed E-state index contributed by atoms with van der Waals surface area (Å²) in [6, 6.07) is 9.90. The SMILES string of the molecule is CCOC(=O)C(C)(C)c1cnc(-c2cc(-c3ccon3)n(Cc3ccccc3F)n2)nc1OC. The fraction of sp³-hybridized carbons (Fsp3) is 0.292. The van der Waals surface area contributed by atoms with Crippen LogP contribution in [0.15, 0.2) is 53.4 Å². The van der Waals surface area contributed by atoms with Gasteiger partial charge in [0.05, 0.1) is 31.4 Å². The molecule has 0 amide bonds. The van der Waals surface area contributed by atoms with Crippen molar-refractivity contribution in [3.8, 4) is 28.8 Å². The number of carbonyl (C=O) groups is 1. The quantitative estimate of drug-likeness (QED) is 0.359. The van der Waals surface area contributed by atoms with E-state index >= 15 is 0 Å². The molecular formula is C24H24FN5O4. The molecule has 0 aliphatic rings. The zero-order valence-corrected chi connectivity index (χ0v) is 19.3. The third kappa shape index (κ3) is 4.39. The summed E-state index contributed by atoms with van der Waals surface area (Å²) in [5.74, 6) is -0.242. The van der Waals surface area contributed by atoms with Crippen molar-refractivity contribution in [3.05, 3.63) is 65.8 Å². The number of hydrogen-bond donors (Lipinski definition) is 0. The summed E-state index contributed by atoms with van der Waals surface area (Å²) in [5.41, 5.74) is 1.49. The van der Waals surface area contributed by atoms with Crippen LogP contribution in [0.3, 0.4) is 0 Å². The molecule has 9 nitrogen and oxygen atoms in total. The Balaban J connectivity index is 1.76. The van der Waals surface area contributed by atoms with Crippen LogP contribution in [0.1, 0.15) is 31.9 Å². The topological polar surface area (TPSA) is 105 Å². The van der Waals surface area contributed by atoms with Gasteiger partial charge < -0.3 is 14.0 Å². The average Bonchev–Trinajstić information content (AvgIpc) is 3.50. The lowest BCUT2D eigenvalue weighted by molar-refractivity contribution is -0.148. The highest BCUT2D eigenvalue weighted by atomic mass is 19.1. The van der Waals surface area contributed by atoms with E-state index in [4.69, 9.17) is 14.0 Å². The number of nitrogens with zero attached hydrogens (tertiary/aromatic N) is 5. The number of ether oxygens (including phenoxy) is 2. The standard InChI is InChI=1S/C24H24FN5O4/c1-5-33-23(31)24(2,3)16-13-26-21(27-22(16)32-4)19-12-20(18-10-11-34-29-18)30(28-19)14-15-8-6-7-9-17(15)25/h6-13H,5,14H2,1-4H3. The molecule has 0 saturated heterocycles. The first kappa shape index (κ1) is 23.1. The van der Waals surface area contributed by atoms with E-state index in [2.05, 4.69) is 20.2 Å². The summed E-state index contributed by atoms with van der Waals surface area (Å²) in [4.78, 5) is 21.4. The molecule has 0 aliphatic carbocycles. The van der Waals surface area contributed by atoms with Crippen LogP contribution in [0, 0.1) is 5.82 Å². The molecule has 3 aromatic heterocycles. The van der Waals surface area contributed by atoms with Gasteiger partial charge in [-0.15, -0.1) is 0 Å². The Morgan fingerprint density at radius 1 is 1.21 bits per heavy atom. The normalized spacial score (nSPS) is 11.4. The highest BCUT2D eigenvalue weighted by Crippen LogP contribution is 2.33. The molecule has 0 fully saturated rings. The summed E-state index contributed by atoms with van der Waals surface area (Å²) in [7, 11) is 1.47. The maximum Gasteiger partial charge on any atom is 0.316 e. The minimum Gasteiger partial charge on any atom is -0.481 e. The minimum atomic E-state index is -1.02. The average molecular weight is 465 g/mol. The largest absolute Gasteiger partial charge is 0.481 e. The van der Waals surface area contributed by atoms with Crippen molar-refractivity contribution in [2.45, 2.75) is 32.7 Å². The van der Waals surface area contributed by atoms with Gasteiger partial charge in [-0.05, 0) is 32.9 Å². The molecule has 0 bridgehead atoms. The van der Waals surface area contributed by atoms with Gasteiger partial charge in [-0.2, -0.15) is 10.1 Å². The van der Waals surface area contributed by atoms with Crippen molar-refractivity contribution in [2.24, 2.45) is 0 Å². The van der Waals surface area contributed by atoms with Crippen molar-refractivity contribution >= 4 is 5.97 Å². The van der Waals surface area contributed by atoms with Crippen LogP contribution in [0.4, 0.5) is 4.39 Å². The first-order valence-electron chi connectivity index (χ1n) is 10.7. The maximum atomic E-state index is 14.3. The lowest BCUT2D eigenvalue weighted by Gasteiger charge is -2.23. The molecule has 4 aromatic rings. The molecule has 0 aliphatic heterocycles. The zero-order chi connectivity index (χ0) is 24.3. The van der Waals surface area contributed by atoms with Crippen LogP contribution in [-0.2, 0) is 21.5 Å². The highest BCUT2D eigenvalue weighted by molar-refractivity contribution is 5.83. The second kappa shape index (κ2) is 9.42. The Hall–Kier alpha value is -4.08. The van der Waals surface area contributed by atoms with Gasteiger partial charge in [0.15, 0.2) is 5.82 Å². The number of hydrogen-bond acceptors (Lipinski definition) is 8. The second-order valence-corrected chi connectivity index (χ2v) is 8.01. The predicted octanol–water partition coefficient (Wildman–Crippen LogP) is 4.03. The minimum absolute atomic E-state index is 0.167. The Kier molecular flexibility index (Phi) is 6.40. The third-order valence-corrected chi connectivity index (χ3v) is 5.39. The summed E-state index contributed by atoms with van der Waals surface area (Å²) < 4.78 is 31.6. The van der Waals surface area contributed by atoms with Gasteiger partial charge in [0.1, 0.15) is 23.5 Å². The fourth-order valence-electron chi connectivity index (χ4n) is 3.48. The van der Waals surface area contributed by atoms with Crippen molar-refractivity contribution in [3.63, 3.8) is 0 Å². The van der Waals surface area contributed by atoms with Crippen LogP contribution in [0.5, 0.6) is 5.88 Å². The Morgan fingerprint density at radius 3 is 2.68 bits per heavy atom. The molecule has 3 heterocycles. The highest BCUT2D eigenvalue weighted by Gasteiger charge is 2.35. The van der Waals surface area contributed by atoms with E-state index in [1.807, 2.05) is 0 Å². The van der Waals surface area contributed by atoms with Crippen LogP contribution in [-0.4, -0.2) is 44.6 Å². The fourth-order valence-corrected chi connectivity index (χ4v) is 3.48. The number of halogens is 1. The number of methoxy groups -OCH3 is 1. The van der Waals surface area contributed by atoms with Crippen molar-refractivity contribution < 1.29 is 23.2 Å². The molecule has 1 aromatic carbocycles. The Morgan fingerprint density at radius 2 is 2.00 bits per heavy atom. The molecular weight excluding hydrogens is 441 g/mol. The van der Waals surface area contributed by atoms with Gasteiger partial charge in [0.25, 0.3) is 0 Å². The van der Waals surface area contributed by atoms with Gasteiger partial charge in [0, 0.05) is 23.4 Å². The Bertz CT molecular complexity index is 1300. The van der Waals surface area contributed by atoms with Gasteiger partial charge in [-0.25, -0.2) is 9.37 Å². The van der Waals surface area contributed by atoms with E-state index in [1.165, 1.54) is 25.6 Å². The van der Waals surface area contributed by atoms with Gasteiger partial charge in [-0.3, -0.25) is 9.48 Å². The van der Waals surface area contributed by atoms with Crippen LogP contribution in [0.2, 0.25) is 0 Å². The third-order valence-electron chi connectivity index (χ3n) is 5.39. The van der Waals surface area contributed by atoms with Crippen molar-refractivity contribution in [1.29, 1.82) is 0 Å². The number of benzene rings is 1. The molecule has 0 unspecified atom stereocenters. The summed E-state index contributed by atoms with van der Waals surface area (Å²) in [6.45, 7) is 5.61. The van der Waals surface area contributed by atoms with Crippen LogP contribution in [0.25, 0.3) is 22.9 Å². The van der Waals surface area contributed by atoms with E-state index in [-0.39, 0.29) is 30.7 Å². The van der Waals surface area contributed by atoms with E-state index in [9.17, 15) is 9.18 Å². The Labute approximate surface area is 195 Å². The van der Waals surface area contributed by atoms with Gasteiger partial charge >= 0.3 is 5.97 Å². The number of carbonyl (C=O) groups excluding carboxylic acids is 1. The summed E-state index contributed by atoms with van der Waals surface area (Å²) >= 11 is 0. The first-order valence-corrected chi connectivity index (χ1v) is 10.7. The van der Waals surface area contributed by atoms with Gasteiger partial charge in [-0.1, -0.05) is 23.4 Å². The molecule has 4 rings (SSSR count). The molecule has 0 saturated carbocycles. The number of rotatable bonds is 8. The molecule has 10 heteroatoms. The summed E-state index contributed by atoms with van der Waals surface area (Å²) in [6.07, 6.45) is 2.98. The van der Waals surface area contributed by atoms with Crippen molar-refractivity contribution in [1.82, 2.24) is 24.9 Å². The molecule has 0 atom stereocenters. The smallest absolute Gasteiger partial charge is 0.316 e. The lowest BCUT2D eigenvalue weighted by Crippen LogP contribution is -2.32. The van der Waals surface area contributed by atoms with Crippen LogP contribution < -0.4 is 4.74 Å². The molecule has 0 spiro atoms.